The van der Waals surface area contributed by atoms with Gasteiger partial charge in [0.05, 0.1) is 28.4 Å². The quantitative estimate of drug-likeness (QED) is 0.780. The smallest absolute Gasteiger partial charge is 0.165 e. The summed E-state index contributed by atoms with van der Waals surface area (Å²) in [6.45, 7) is 5.89. The highest BCUT2D eigenvalue weighted by Gasteiger charge is 2.34. The number of rotatable bonds is 4. The van der Waals surface area contributed by atoms with Crippen LogP contribution in [0.25, 0.3) is 0 Å². The van der Waals surface area contributed by atoms with Gasteiger partial charge in [-0.15, -0.1) is 0 Å². The third kappa shape index (κ3) is 3.39. The lowest BCUT2D eigenvalue weighted by molar-refractivity contribution is 0.157. The molecule has 2 aliphatic heterocycles. The fourth-order valence-electron chi connectivity index (χ4n) is 4.32. The Morgan fingerprint density at radius 2 is 1.50 bits per heavy atom. The first-order valence-electron chi connectivity index (χ1n) is 9.91. The number of methoxy groups -OCH3 is 4. The van der Waals surface area contributed by atoms with Crippen LogP contribution < -0.4 is 18.9 Å². The minimum atomic E-state index is 0.351. The van der Waals surface area contributed by atoms with Crippen LogP contribution in [-0.4, -0.2) is 39.9 Å². The topological polar surface area (TPSA) is 40.2 Å². The predicted octanol–water partition coefficient (Wildman–Crippen LogP) is 4.40. The van der Waals surface area contributed by atoms with Gasteiger partial charge >= 0.3 is 0 Å². The van der Waals surface area contributed by atoms with E-state index in [2.05, 4.69) is 23.1 Å². The molecule has 152 valence electrons. The van der Waals surface area contributed by atoms with Gasteiger partial charge in [-0.25, -0.2) is 0 Å². The Kier molecular flexibility index (Phi) is 6.35. The standard InChI is InChI=1S/C21H25NO4.C2H6/c1-23-18-6-5-13-9-17-15-11-20(25-3)19(24-2)10-14(15)7-8-22(17)12-16(13)21(18)26-4;1-2/h5-6,10-11,17H,7-9,12H2,1-4H3;1-2H3. The maximum absolute atomic E-state index is 5.66. The SMILES string of the molecule is CC.COc1cc2c(cc1OC)C1Cc3ccc(OC)c(OC)c3CN1CC2. The zero-order valence-corrected chi connectivity index (χ0v) is 17.8. The van der Waals surface area contributed by atoms with Crippen LogP contribution in [0.2, 0.25) is 0 Å². The molecule has 2 aliphatic rings. The van der Waals surface area contributed by atoms with Crippen LogP contribution in [0.3, 0.4) is 0 Å². The molecule has 0 saturated carbocycles. The summed E-state index contributed by atoms with van der Waals surface area (Å²) in [7, 11) is 6.79. The predicted molar refractivity (Wildman–Crippen MR) is 111 cm³/mol. The first-order chi connectivity index (χ1) is 13.7. The van der Waals surface area contributed by atoms with E-state index >= 15 is 0 Å². The third-order valence-corrected chi connectivity index (χ3v) is 5.63. The fourth-order valence-corrected chi connectivity index (χ4v) is 4.32. The minimum Gasteiger partial charge on any atom is -0.493 e. The fraction of sp³-hybridized carbons (Fsp3) is 0.478. The molecule has 0 aliphatic carbocycles. The number of fused-ring (bicyclic) bond motifs is 4. The molecule has 4 rings (SSSR count). The van der Waals surface area contributed by atoms with Gasteiger partial charge in [0.15, 0.2) is 23.0 Å². The summed E-state index contributed by atoms with van der Waals surface area (Å²) in [4.78, 5) is 2.53. The molecule has 0 aromatic heterocycles. The maximum atomic E-state index is 5.66. The molecule has 5 nitrogen and oxygen atoms in total. The van der Waals surface area contributed by atoms with Gasteiger partial charge in [-0.05, 0) is 47.7 Å². The molecule has 2 aromatic carbocycles. The Balaban J connectivity index is 0.00000109. The van der Waals surface area contributed by atoms with Crippen LogP contribution in [0.4, 0.5) is 0 Å². The number of hydrogen-bond donors (Lipinski definition) is 0. The van der Waals surface area contributed by atoms with E-state index in [1.165, 1.54) is 22.3 Å². The van der Waals surface area contributed by atoms with Gasteiger partial charge in [0.1, 0.15) is 0 Å². The average molecular weight is 386 g/mol. The zero-order chi connectivity index (χ0) is 20.3. The van der Waals surface area contributed by atoms with E-state index in [0.29, 0.717) is 6.04 Å². The van der Waals surface area contributed by atoms with Crippen molar-refractivity contribution in [3.05, 3.63) is 46.5 Å². The molecule has 5 heteroatoms. The van der Waals surface area contributed by atoms with Crippen LogP contribution in [0.1, 0.15) is 42.1 Å². The molecule has 2 aromatic rings. The lowest BCUT2D eigenvalue weighted by Gasteiger charge is -2.42. The third-order valence-electron chi connectivity index (χ3n) is 5.63. The molecule has 2 heterocycles. The van der Waals surface area contributed by atoms with Crippen molar-refractivity contribution >= 4 is 0 Å². The van der Waals surface area contributed by atoms with Crippen LogP contribution in [0, 0.1) is 0 Å². The van der Waals surface area contributed by atoms with E-state index < -0.39 is 0 Å². The Bertz CT molecular complexity index is 834. The number of nitrogens with zero attached hydrogens (tertiary/aromatic N) is 1. The molecule has 1 unspecified atom stereocenters. The van der Waals surface area contributed by atoms with Crippen LogP contribution >= 0.6 is 0 Å². The van der Waals surface area contributed by atoms with Gasteiger partial charge in [-0.3, -0.25) is 4.90 Å². The van der Waals surface area contributed by atoms with E-state index in [4.69, 9.17) is 18.9 Å². The summed E-state index contributed by atoms with van der Waals surface area (Å²) in [5.74, 6) is 3.27. The number of benzene rings is 2. The van der Waals surface area contributed by atoms with E-state index in [1.54, 1.807) is 28.4 Å². The average Bonchev–Trinajstić information content (AvgIpc) is 2.77. The first kappa shape index (κ1) is 20.3. The van der Waals surface area contributed by atoms with Gasteiger partial charge in [0, 0.05) is 24.7 Å². The molecular weight excluding hydrogens is 354 g/mol. The largest absolute Gasteiger partial charge is 0.493 e. The van der Waals surface area contributed by atoms with Crippen LogP contribution in [0.5, 0.6) is 23.0 Å². The van der Waals surface area contributed by atoms with Crippen molar-refractivity contribution in [3.63, 3.8) is 0 Å². The Morgan fingerprint density at radius 3 is 2.14 bits per heavy atom. The van der Waals surface area contributed by atoms with Crippen molar-refractivity contribution in [2.45, 2.75) is 39.3 Å². The van der Waals surface area contributed by atoms with Crippen molar-refractivity contribution in [1.29, 1.82) is 0 Å². The highest BCUT2D eigenvalue weighted by molar-refractivity contribution is 5.54. The molecule has 0 spiro atoms. The van der Waals surface area contributed by atoms with Crippen LogP contribution in [-0.2, 0) is 19.4 Å². The molecule has 0 N–H and O–H groups in total. The monoisotopic (exact) mass is 385 g/mol. The van der Waals surface area contributed by atoms with E-state index in [-0.39, 0.29) is 0 Å². The van der Waals surface area contributed by atoms with Gasteiger partial charge in [0.25, 0.3) is 0 Å². The molecule has 0 radical (unpaired) electrons. The highest BCUT2D eigenvalue weighted by Crippen LogP contribution is 2.45. The Morgan fingerprint density at radius 1 is 0.821 bits per heavy atom. The zero-order valence-electron chi connectivity index (χ0n) is 17.8. The van der Waals surface area contributed by atoms with E-state index in [9.17, 15) is 0 Å². The molecule has 1 atom stereocenters. The second-order valence-electron chi connectivity index (χ2n) is 6.79. The normalized spacial score (nSPS) is 17.3. The van der Waals surface area contributed by atoms with Gasteiger partial charge in [-0.2, -0.15) is 0 Å². The maximum Gasteiger partial charge on any atom is 0.165 e. The van der Waals surface area contributed by atoms with Crippen molar-refractivity contribution in [2.75, 3.05) is 35.0 Å². The lowest BCUT2D eigenvalue weighted by Crippen LogP contribution is -2.39. The number of ether oxygens (including phenoxy) is 4. The highest BCUT2D eigenvalue weighted by atomic mass is 16.5. The lowest BCUT2D eigenvalue weighted by atomic mass is 9.83. The molecular formula is C23H31NO4. The number of hydrogen-bond acceptors (Lipinski definition) is 5. The summed E-state index contributed by atoms with van der Waals surface area (Å²) in [6.07, 6.45) is 1.96. The first-order valence-corrected chi connectivity index (χ1v) is 9.91. The van der Waals surface area contributed by atoms with Gasteiger partial charge in [-0.1, -0.05) is 19.9 Å². The molecule has 0 amide bonds. The summed E-state index contributed by atoms with van der Waals surface area (Å²) < 4.78 is 22.2. The van der Waals surface area contributed by atoms with Crippen molar-refractivity contribution in [2.24, 2.45) is 0 Å². The van der Waals surface area contributed by atoms with Crippen molar-refractivity contribution < 1.29 is 18.9 Å². The van der Waals surface area contributed by atoms with Crippen molar-refractivity contribution in [1.82, 2.24) is 4.90 Å². The summed E-state index contributed by atoms with van der Waals surface area (Å²) in [6, 6.07) is 8.81. The molecule has 0 bridgehead atoms. The minimum absolute atomic E-state index is 0.351. The summed E-state index contributed by atoms with van der Waals surface area (Å²) >= 11 is 0. The molecule has 0 fully saturated rings. The second kappa shape index (κ2) is 8.74. The Hall–Kier alpha value is -2.40. The van der Waals surface area contributed by atoms with Crippen LogP contribution in [0.15, 0.2) is 24.3 Å². The van der Waals surface area contributed by atoms with Gasteiger partial charge < -0.3 is 18.9 Å². The van der Waals surface area contributed by atoms with E-state index in [1.807, 2.05) is 19.9 Å². The summed E-state index contributed by atoms with van der Waals surface area (Å²) in [5, 5.41) is 0. The van der Waals surface area contributed by atoms with Gasteiger partial charge in [0.2, 0.25) is 0 Å². The van der Waals surface area contributed by atoms with E-state index in [0.717, 1.165) is 48.9 Å². The molecule has 28 heavy (non-hydrogen) atoms. The molecule has 0 saturated heterocycles. The summed E-state index contributed by atoms with van der Waals surface area (Å²) in [5.41, 5.74) is 5.26. The second-order valence-corrected chi connectivity index (χ2v) is 6.79. The van der Waals surface area contributed by atoms with Crippen molar-refractivity contribution in [3.8, 4) is 23.0 Å². The Labute approximate surface area is 168 Å².